The van der Waals surface area contributed by atoms with Crippen molar-refractivity contribution in [3.05, 3.63) is 82.5 Å². The van der Waals surface area contributed by atoms with Gasteiger partial charge in [-0.15, -0.1) is 0 Å². The van der Waals surface area contributed by atoms with Crippen molar-refractivity contribution in [2.75, 3.05) is 0 Å². The van der Waals surface area contributed by atoms with Gasteiger partial charge in [-0.2, -0.15) is 0 Å². The zero-order chi connectivity index (χ0) is 15.8. The van der Waals surface area contributed by atoms with Crippen molar-refractivity contribution in [3.63, 3.8) is 0 Å². The summed E-state index contributed by atoms with van der Waals surface area (Å²) in [5.74, 6) is 0. The first-order chi connectivity index (χ1) is 10.7. The van der Waals surface area contributed by atoms with Crippen LogP contribution in [0.2, 0.25) is 0 Å². The van der Waals surface area contributed by atoms with Crippen LogP contribution < -0.4 is 5.32 Å². The van der Waals surface area contributed by atoms with Gasteiger partial charge in [0.1, 0.15) is 0 Å². The van der Waals surface area contributed by atoms with Gasteiger partial charge in [0.15, 0.2) is 0 Å². The summed E-state index contributed by atoms with van der Waals surface area (Å²) in [4.78, 5) is 4.56. The number of benzene rings is 2. The Labute approximate surface area is 137 Å². The summed E-state index contributed by atoms with van der Waals surface area (Å²) >= 11 is 6.40. The summed E-state index contributed by atoms with van der Waals surface area (Å²) < 4.78 is 0. The van der Waals surface area contributed by atoms with Gasteiger partial charge in [0, 0.05) is 12.2 Å². The molecule has 114 valence electrons. The molecule has 0 heterocycles. The highest BCUT2D eigenvalue weighted by atomic mass is 35.5. The van der Waals surface area contributed by atoms with E-state index in [0.29, 0.717) is 11.6 Å². The number of hydrogen-bond donors (Lipinski definition) is 1. The van der Waals surface area contributed by atoms with Crippen LogP contribution in [0, 0.1) is 0 Å². The molecule has 0 radical (unpaired) electrons. The van der Waals surface area contributed by atoms with E-state index in [1.54, 1.807) is 0 Å². The van der Waals surface area contributed by atoms with Crippen LogP contribution >= 0.6 is 11.6 Å². The highest BCUT2D eigenvalue weighted by Gasteiger charge is 2.03. The van der Waals surface area contributed by atoms with Gasteiger partial charge in [-0.3, -0.25) is 4.99 Å². The van der Waals surface area contributed by atoms with Crippen LogP contribution in [-0.2, 0) is 13.1 Å². The van der Waals surface area contributed by atoms with Crippen molar-refractivity contribution < 1.29 is 0 Å². The standard InChI is InChI=1S/C19H21ClN2/c1-15(21-13-17-9-5-3-6-10-17)19(20)16(2)22-14-18-11-7-4-8-12-18/h3-12,21H,13-14H2,1-2H3/b19-15+,22-16?. The van der Waals surface area contributed by atoms with Gasteiger partial charge < -0.3 is 5.32 Å². The number of nitrogens with zero attached hydrogens (tertiary/aromatic N) is 1. The minimum absolute atomic E-state index is 0.648. The molecule has 0 spiro atoms. The Bertz CT molecular complexity index is 646. The first kappa shape index (κ1) is 16.3. The highest BCUT2D eigenvalue weighted by molar-refractivity contribution is 6.43. The van der Waals surface area contributed by atoms with E-state index in [1.165, 1.54) is 11.1 Å². The first-order valence-electron chi connectivity index (χ1n) is 7.36. The van der Waals surface area contributed by atoms with Gasteiger partial charge in [0.05, 0.1) is 17.3 Å². The second-order valence-electron chi connectivity index (χ2n) is 5.17. The summed E-state index contributed by atoms with van der Waals surface area (Å²) in [6.07, 6.45) is 0. The molecule has 0 saturated heterocycles. The fourth-order valence-electron chi connectivity index (χ4n) is 2.04. The lowest BCUT2D eigenvalue weighted by molar-refractivity contribution is 0.810. The number of nitrogens with one attached hydrogen (secondary N) is 1. The van der Waals surface area contributed by atoms with E-state index in [9.17, 15) is 0 Å². The molecule has 0 aromatic heterocycles. The highest BCUT2D eigenvalue weighted by Crippen LogP contribution is 2.12. The molecule has 0 amide bonds. The molecule has 0 unspecified atom stereocenters. The van der Waals surface area contributed by atoms with Crippen molar-refractivity contribution in [1.82, 2.24) is 5.32 Å². The van der Waals surface area contributed by atoms with E-state index in [-0.39, 0.29) is 0 Å². The summed E-state index contributed by atoms with van der Waals surface area (Å²) in [6, 6.07) is 20.4. The van der Waals surface area contributed by atoms with E-state index < -0.39 is 0 Å². The summed E-state index contributed by atoms with van der Waals surface area (Å²) in [6.45, 7) is 5.33. The molecular formula is C19H21ClN2. The summed E-state index contributed by atoms with van der Waals surface area (Å²) in [5.41, 5.74) is 4.20. The van der Waals surface area contributed by atoms with Crippen LogP contribution in [0.4, 0.5) is 0 Å². The van der Waals surface area contributed by atoms with E-state index in [1.807, 2.05) is 50.2 Å². The second kappa shape index (κ2) is 8.40. The van der Waals surface area contributed by atoms with E-state index in [4.69, 9.17) is 11.6 Å². The van der Waals surface area contributed by atoms with Gasteiger partial charge in [0.25, 0.3) is 0 Å². The molecule has 3 heteroatoms. The molecule has 0 aliphatic rings. The predicted octanol–water partition coefficient (Wildman–Crippen LogP) is 4.91. The van der Waals surface area contributed by atoms with Crippen molar-refractivity contribution in [2.24, 2.45) is 4.99 Å². The molecule has 0 aliphatic heterocycles. The normalized spacial score (nSPS) is 12.8. The molecule has 0 saturated carbocycles. The Morgan fingerprint density at radius 1 is 0.909 bits per heavy atom. The molecule has 2 rings (SSSR count). The van der Waals surface area contributed by atoms with Crippen molar-refractivity contribution in [1.29, 1.82) is 0 Å². The maximum atomic E-state index is 6.40. The Hall–Kier alpha value is -2.06. The van der Waals surface area contributed by atoms with E-state index >= 15 is 0 Å². The molecule has 2 aromatic carbocycles. The molecule has 0 bridgehead atoms. The Kier molecular flexibility index (Phi) is 6.23. The van der Waals surface area contributed by atoms with Crippen LogP contribution in [0.15, 0.2) is 76.4 Å². The minimum Gasteiger partial charge on any atom is -0.383 e. The number of rotatable bonds is 6. The molecule has 1 N–H and O–H groups in total. The zero-order valence-electron chi connectivity index (χ0n) is 13.0. The average molecular weight is 313 g/mol. The molecule has 0 atom stereocenters. The summed E-state index contributed by atoms with van der Waals surface area (Å²) in [7, 11) is 0. The van der Waals surface area contributed by atoms with Gasteiger partial charge in [0.2, 0.25) is 0 Å². The lowest BCUT2D eigenvalue weighted by Crippen LogP contribution is -2.13. The smallest absolute Gasteiger partial charge is 0.0799 e. The van der Waals surface area contributed by atoms with Crippen LogP contribution in [0.3, 0.4) is 0 Å². The molecule has 2 nitrogen and oxygen atoms in total. The SMILES string of the molecule is CC(=NCc1ccccc1)/C(Cl)=C(/C)NCc1ccccc1. The zero-order valence-corrected chi connectivity index (χ0v) is 13.8. The van der Waals surface area contributed by atoms with Crippen molar-refractivity contribution >= 4 is 17.3 Å². The van der Waals surface area contributed by atoms with Gasteiger partial charge in [-0.25, -0.2) is 0 Å². The largest absolute Gasteiger partial charge is 0.383 e. The van der Waals surface area contributed by atoms with Crippen LogP contribution in [0.1, 0.15) is 25.0 Å². The Morgan fingerprint density at radius 2 is 1.45 bits per heavy atom. The molecule has 0 aliphatic carbocycles. The van der Waals surface area contributed by atoms with Gasteiger partial charge >= 0.3 is 0 Å². The number of hydrogen-bond acceptors (Lipinski definition) is 2. The lowest BCUT2D eigenvalue weighted by Gasteiger charge is -2.10. The number of aliphatic imine (C=N–C) groups is 1. The van der Waals surface area contributed by atoms with Crippen LogP contribution in [0.5, 0.6) is 0 Å². The predicted molar refractivity (Wildman–Crippen MR) is 95.1 cm³/mol. The molecular weight excluding hydrogens is 292 g/mol. The lowest BCUT2D eigenvalue weighted by atomic mass is 10.2. The first-order valence-corrected chi connectivity index (χ1v) is 7.74. The number of allylic oxidation sites excluding steroid dienone is 2. The maximum Gasteiger partial charge on any atom is 0.0799 e. The average Bonchev–Trinajstić information content (AvgIpc) is 2.58. The molecule has 2 aromatic rings. The number of halogens is 1. The molecule has 22 heavy (non-hydrogen) atoms. The van der Waals surface area contributed by atoms with E-state index in [2.05, 4.69) is 34.6 Å². The quantitative estimate of drug-likeness (QED) is 0.753. The Balaban J connectivity index is 1.96. The minimum atomic E-state index is 0.648. The third kappa shape index (κ3) is 5.05. The van der Waals surface area contributed by atoms with Gasteiger partial charge in [-0.1, -0.05) is 72.3 Å². The second-order valence-corrected chi connectivity index (χ2v) is 5.54. The van der Waals surface area contributed by atoms with E-state index in [0.717, 1.165) is 18.0 Å². The monoisotopic (exact) mass is 312 g/mol. The fourth-order valence-corrected chi connectivity index (χ4v) is 2.17. The maximum absolute atomic E-state index is 6.40. The topological polar surface area (TPSA) is 24.4 Å². The van der Waals surface area contributed by atoms with Crippen molar-refractivity contribution in [2.45, 2.75) is 26.9 Å². The van der Waals surface area contributed by atoms with Gasteiger partial charge in [-0.05, 0) is 25.0 Å². The Morgan fingerprint density at radius 3 is 2.05 bits per heavy atom. The van der Waals surface area contributed by atoms with Crippen LogP contribution in [0.25, 0.3) is 0 Å². The van der Waals surface area contributed by atoms with Crippen LogP contribution in [-0.4, -0.2) is 5.71 Å². The summed E-state index contributed by atoms with van der Waals surface area (Å²) in [5, 5.41) is 4.03. The fraction of sp³-hybridized carbons (Fsp3) is 0.211. The molecule has 0 fully saturated rings. The third-order valence-corrected chi connectivity index (χ3v) is 3.95. The van der Waals surface area contributed by atoms with Crippen molar-refractivity contribution in [3.8, 4) is 0 Å². The third-order valence-electron chi connectivity index (χ3n) is 3.39.